The average molecular weight is 662 g/mol. The summed E-state index contributed by atoms with van der Waals surface area (Å²) in [6.45, 7) is 3.91. The number of carbonyl (C=O) groups is 6. The highest BCUT2D eigenvalue weighted by molar-refractivity contribution is 8.03. The summed E-state index contributed by atoms with van der Waals surface area (Å²) < 4.78 is 20.5. The van der Waals surface area contributed by atoms with Crippen molar-refractivity contribution in [1.82, 2.24) is 14.7 Å². The highest BCUT2D eigenvalue weighted by atomic mass is 32.2. The monoisotopic (exact) mass is 661 g/mol. The Balaban J connectivity index is 1.52. The summed E-state index contributed by atoms with van der Waals surface area (Å²) in [5, 5.41) is 9.91. The summed E-state index contributed by atoms with van der Waals surface area (Å²) in [6.07, 6.45) is -0.852. The van der Waals surface area contributed by atoms with Gasteiger partial charge in [0.2, 0.25) is 25.4 Å². The van der Waals surface area contributed by atoms with Crippen LogP contribution in [0.4, 0.5) is 4.79 Å². The van der Waals surface area contributed by atoms with Gasteiger partial charge < -0.3 is 33.9 Å². The van der Waals surface area contributed by atoms with Crippen molar-refractivity contribution in [2.75, 3.05) is 34.2 Å². The number of esters is 3. The zero-order valence-corrected chi connectivity index (χ0v) is 27.2. The number of ether oxygens (including phenoxy) is 4. The number of likely N-dealkylation sites (tertiary alicyclic amines) is 1. The van der Waals surface area contributed by atoms with Crippen LogP contribution < -0.4 is 0 Å². The molecule has 0 spiro atoms. The number of thioether (sulfide) groups is 1. The normalized spacial score (nSPS) is 24.1. The van der Waals surface area contributed by atoms with Crippen LogP contribution in [0.25, 0.3) is 0 Å². The first-order chi connectivity index (χ1) is 21.9. The molecule has 6 atom stereocenters. The van der Waals surface area contributed by atoms with Gasteiger partial charge in [-0.2, -0.15) is 0 Å². The Hall–Kier alpha value is -4.11. The number of hydrogen-bond donors (Lipinski definition) is 1. The molecule has 3 unspecified atom stereocenters. The lowest BCUT2D eigenvalue weighted by molar-refractivity contribution is -0.166. The van der Waals surface area contributed by atoms with E-state index < -0.39 is 78.8 Å². The number of likely N-dealkylation sites (N-methyl/N-ethyl adjacent to an activating group) is 1. The maximum Gasteiger partial charge on any atom is 0.413 e. The number of amides is 3. The highest BCUT2D eigenvalue weighted by Gasteiger charge is 2.60. The van der Waals surface area contributed by atoms with Gasteiger partial charge in [0, 0.05) is 43.1 Å². The van der Waals surface area contributed by atoms with Crippen molar-refractivity contribution < 1.29 is 52.8 Å². The second-order valence-corrected chi connectivity index (χ2v) is 12.8. The number of fused-ring (bicyclic) bond motifs is 1. The van der Waals surface area contributed by atoms with Gasteiger partial charge in [0.15, 0.2) is 0 Å². The first kappa shape index (κ1) is 34.8. The second kappa shape index (κ2) is 15.0. The lowest BCUT2D eigenvalue weighted by Gasteiger charge is -2.46. The Kier molecular flexibility index (Phi) is 11.3. The first-order valence-corrected chi connectivity index (χ1v) is 15.9. The van der Waals surface area contributed by atoms with E-state index in [2.05, 4.69) is 0 Å². The Morgan fingerprint density at radius 1 is 1.02 bits per heavy atom. The molecule has 1 aromatic carbocycles. The first-order valence-electron chi connectivity index (χ1n) is 15.0. The number of β-lactam (4-membered cyclic amide) rings is 1. The number of benzene rings is 1. The molecule has 46 heavy (non-hydrogen) atoms. The minimum absolute atomic E-state index is 0.0282. The van der Waals surface area contributed by atoms with Gasteiger partial charge in [-0.3, -0.25) is 19.3 Å². The van der Waals surface area contributed by atoms with E-state index in [1.54, 1.807) is 44.4 Å². The molecule has 3 heterocycles. The van der Waals surface area contributed by atoms with Crippen molar-refractivity contribution in [3.63, 3.8) is 0 Å². The van der Waals surface area contributed by atoms with Crippen LogP contribution in [0.2, 0.25) is 0 Å². The molecule has 250 valence electrons. The van der Waals surface area contributed by atoms with Crippen molar-refractivity contribution in [2.24, 2.45) is 11.8 Å². The molecular weight excluding hydrogens is 622 g/mol. The van der Waals surface area contributed by atoms with Gasteiger partial charge in [-0.15, -0.1) is 11.8 Å². The molecule has 3 aliphatic heterocycles. The molecule has 3 amide bonds. The van der Waals surface area contributed by atoms with Crippen molar-refractivity contribution in [2.45, 2.75) is 63.5 Å². The average Bonchev–Trinajstić information content (AvgIpc) is 3.54. The molecular formula is C31H39N3O11S. The third-order valence-electron chi connectivity index (χ3n) is 8.06. The molecule has 0 aliphatic carbocycles. The smallest absolute Gasteiger partial charge is 0.413 e. The molecule has 0 radical (unpaired) electrons. The highest BCUT2D eigenvalue weighted by Crippen LogP contribution is 2.52. The molecule has 3 aliphatic rings. The van der Waals surface area contributed by atoms with E-state index in [1.807, 2.05) is 13.8 Å². The third-order valence-corrected chi connectivity index (χ3v) is 9.56. The minimum atomic E-state index is -0.963. The quantitative estimate of drug-likeness (QED) is 0.197. The van der Waals surface area contributed by atoms with E-state index in [-0.39, 0.29) is 36.6 Å². The number of rotatable bonds is 12. The molecule has 1 aromatic rings. The van der Waals surface area contributed by atoms with Gasteiger partial charge in [0.1, 0.15) is 11.7 Å². The number of hydrogen-bond acceptors (Lipinski definition) is 12. The Bertz CT molecular complexity index is 1380. The fourth-order valence-corrected chi connectivity index (χ4v) is 7.35. The van der Waals surface area contributed by atoms with Crippen molar-refractivity contribution in [1.29, 1.82) is 0 Å². The van der Waals surface area contributed by atoms with Gasteiger partial charge >= 0.3 is 24.0 Å². The van der Waals surface area contributed by atoms with E-state index in [4.69, 9.17) is 18.9 Å². The van der Waals surface area contributed by atoms with Crippen LogP contribution in [0.3, 0.4) is 0 Å². The molecule has 2 fully saturated rings. The number of aliphatic hydroxyl groups is 1. The van der Waals surface area contributed by atoms with E-state index >= 15 is 0 Å². The van der Waals surface area contributed by atoms with Crippen molar-refractivity contribution in [3.05, 3.63) is 46.5 Å². The summed E-state index contributed by atoms with van der Waals surface area (Å²) >= 11 is 1.24. The second-order valence-electron chi connectivity index (χ2n) is 11.5. The fourth-order valence-electron chi connectivity index (χ4n) is 5.83. The van der Waals surface area contributed by atoms with Crippen LogP contribution >= 0.6 is 11.8 Å². The van der Waals surface area contributed by atoms with Gasteiger partial charge in [-0.05, 0) is 31.9 Å². The van der Waals surface area contributed by atoms with Crippen LogP contribution in [-0.4, -0.2) is 113 Å². The Morgan fingerprint density at radius 2 is 1.67 bits per heavy atom. The summed E-state index contributed by atoms with van der Waals surface area (Å²) in [5.41, 5.74) is 0.242. The number of carbonyl (C=O) groups excluding carboxylic acids is 6. The molecule has 0 saturated carbocycles. The van der Waals surface area contributed by atoms with Crippen molar-refractivity contribution >= 4 is 47.6 Å². The topological polar surface area (TPSA) is 169 Å². The van der Waals surface area contributed by atoms with Gasteiger partial charge in [0.25, 0.3) is 0 Å². The molecule has 4 rings (SSSR count). The summed E-state index contributed by atoms with van der Waals surface area (Å²) in [6, 6.07) is 6.76. The SMILES string of the molecule is CCCC(=O)OCOC(=O)N1C[C@@H](SC2=C(C(=O)OCOC(=O)c3ccccc3)N3C(=O)C([C@@H](C)O)C3C2C)C[C@H]1C(=O)N(C)C. The largest absolute Gasteiger partial charge is 0.428 e. The lowest BCUT2D eigenvalue weighted by atomic mass is 9.79. The zero-order valence-electron chi connectivity index (χ0n) is 26.4. The lowest BCUT2D eigenvalue weighted by Crippen LogP contribution is -2.63. The van der Waals surface area contributed by atoms with Gasteiger partial charge in [0.05, 0.1) is 23.6 Å². The zero-order chi connectivity index (χ0) is 33.7. The summed E-state index contributed by atoms with van der Waals surface area (Å²) in [7, 11) is 3.12. The van der Waals surface area contributed by atoms with Crippen LogP contribution in [0.1, 0.15) is 50.4 Å². The number of aliphatic hydroxyl groups excluding tert-OH is 1. The van der Waals surface area contributed by atoms with Crippen LogP contribution in [0, 0.1) is 11.8 Å². The Morgan fingerprint density at radius 3 is 2.30 bits per heavy atom. The van der Waals surface area contributed by atoms with E-state index in [0.717, 1.165) is 0 Å². The molecule has 1 N–H and O–H groups in total. The van der Waals surface area contributed by atoms with Gasteiger partial charge in [-0.1, -0.05) is 32.0 Å². The molecule has 2 saturated heterocycles. The minimum Gasteiger partial charge on any atom is -0.428 e. The maximum absolute atomic E-state index is 13.4. The molecule has 0 aromatic heterocycles. The fraction of sp³-hybridized carbons (Fsp3) is 0.548. The third kappa shape index (κ3) is 7.30. The standard InChI is InChI=1S/C31H39N3O11S/c1-6-10-22(36)42-15-45-31(41)33-14-20(13-21(33)27(37)32(4)5)46-26-17(2)24-23(18(3)35)28(38)34(24)25(26)30(40)44-16-43-29(39)19-11-8-7-9-12-19/h7-9,11-12,17-18,20-21,23-24,35H,6,10,13-16H2,1-5H3/t17?,18-,20+,21+,23?,24?/m1/s1. The summed E-state index contributed by atoms with van der Waals surface area (Å²) in [5.74, 6) is -4.01. The Labute approximate surface area is 270 Å². The summed E-state index contributed by atoms with van der Waals surface area (Å²) in [4.78, 5) is 81.0. The predicted octanol–water partition coefficient (Wildman–Crippen LogP) is 2.11. The van der Waals surface area contributed by atoms with Crippen LogP contribution in [0.5, 0.6) is 0 Å². The number of nitrogens with zero attached hydrogens (tertiary/aromatic N) is 3. The van der Waals surface area contributed by atoms with Crippen LogP contribution in [0.15, 0.2) is 40.9 Å². The van der Waals surface area contributed by atoms with Crippen LogP contribution in [-0.2, 0) is 38.1 Å². The molecule has 15 heteroatoms. The maximum atomic E-state index is 13.4. The van der Waals surface area contributed by atoms with E-state index in [0.29, 0.717) is 11.3 Å². The van der Waals surface area contributed by atoms with Crippen molar-refractivity contribution in [3.8, 4) is 0 Å². The molecule has 0 bridgehead atoms. The van der Waals surface area contributed by atoms with E-state index in [9.17, 15) is 33.9 Å². The van der Waals surface area contributed by atoms with Gasteiger partial charge in [-0.25, -0.2) is 14.4 Å². The predicted molar refractivity (Wildman–Crippen MR) is 162 cm³/mol. The van der Waals surface area contributed by atoms with E-state index in [1.165, 1.54) is 33.4 Å². The molecule has 14 nitrogen and oxygen atoms in total.